The Morgan fingerprint density at radius 1 is 1.11 bits per heavy atom. The van der Waals surface area contributed by atoms with Crippen LogP contribution in [0.2, 0.25) is 0 Å². The molecule has 2 aromatic carbocycles. The third-order valence-corrected chi connectivity index (χ3v) is 7.14. The minimum Gasteiger partial charge on any atom is -0.494 e. The third-order valence-electron chi connectivity index (χ3n) is 7.14. The van der Waals surface area contributed by atoms with Crippen LogP contribution in [0.3, 0.4) is 0 Å². The van der Waals surface area contributed by atoms with Crippen molar-refractivity contribution in [2.75, 3.05) is 19.7 Å². The van der Waals surface area contributed by atoms with Gasteiger partial charge in [-0.05, 0) is 41.6 Å². The molecule has 0 saturated carbocycles. The Bertz CT molecular complexity index is 1590. The SMILES string of the molecule is Cn1c(=O)c(C(=O)N2CCc3ncn4c3C2c2cccc(c2)OCCCNC(=O)C4)cc2ccccc21. The van der Waals surface area contributed by atoms with Crippen LogP contribution in [0.1, 0.15) is 39.8 Å². The number of fused-ring (bicyclic) bond motifs is 4. The fourth-order valence-electron chi connectivity index (χ4n) is 5.33. The minimum absolute atomic E-state index is 0.0964. The number of ether oxygens (including phenoxy) is 1. The molecule has 9 heteroatoms. The first-order chi connectivity index (χ1) is 18.0. The number of para-hydroxylation sites is 1. The van der Waals surface area contributed by atoms with Gasteiger partial charge in [-0.2, -0.15) is 0 Å². The molecule has 0 aliphatic carbocycles. The highest BCUT2D eigenvalue weighted by molar-refractivity contribution is 5.98. The van der Waals surface area contributed by atoms with E-state index < -0.39 is 6.04 Å². The van der Waals surface area contributed by atoms with E-state index in [0.717, 1.165) is 27.9 Å². The van der Waals surface area contributed by atoms with Gasteiger partial charge in [0.1, 0.15) is 17.9 Å². The van der Waals surface area contributed by atoms with Gasteiger partial charge in [0.2, 0.25) is 5.91 Å². The van der Waals surface area contributed by atoms with Crippen molar-refractivity contribution in [2.45, 2.75) is 25.4 Å². The second kappa shape index (κ2) is 9.24. The molecule has 2 aliphatic heterocycles. The normalized spacial score (nSPS) is 17.6. The summed E-state index contributed by atoms with van der Waals surface area (Å²) in [6, 6.07) is 16.3. The lowest BCUT2D eigenvalue weighted by Crippen LogP contribution is -2.44. The van der Waals surface area contributed by atoms with Crippen molar-refractivity contribution < 1.29 is 14.3 Å². The van der Waals surface area contributed by atoms with E-state index in [0.29, 0.717) is 38.3 Å². The molecule has 1 unspecified atom stereocenters. The van der Waals surface area contributed by atoms with Crippen LogP contribution in [0, 0.1) is 0 Å². The molecule has 1 N–H and O–H groups in total. The molecule has 2 bridgehead atoms. The van der Waals surface area contributed by atoms with E-state index in [-0.39, 0.29) is 29.5 Å². The number of nitrogens with one attached hydrogen (secondary N) is 1. The number of carbonyl (C=O) groups is 2. The van der Waals surface area contributed by atoms with E-state index in [9.17, 15) is 14.4 Å². The lowest BCUT2D eigenvalue weighted by molar-refractivity contribution is -0.121. The van der Waals surface area contributed by atoms with Crippen LogP contribution in [0.25, 0.3) is 10.9 Å². The fraction of sp³-hybridized carbons (Fsp3) is 0.286. The molecule has 188 valence electrons. The Kier molecular flexibility index (Phi) is 5.75. The molecule has 9 nitrogen and oxygen atoms in total. The number of hydrogen-bond donors (Lipinski definition) is 1. The van der Waals surface area contributed by atoms with Gasteiger partial charge in [0.05, 0.1) is 35.9 Å². The Morgan fingerprint density at radius 3 is 2.86 bits per heavy atom. The first-order valence-corrected chi connectivity index (χ1v) is 12.4. The number of imidazole rings is 1. The number of hydrogen-bond acceptors (Lipinski definition) is 5. The van der Waals surface area contributed by atoms with Crippen LogP contribution >= 0.6 is 0 Å². The van der Waals surface area contributed by atoms with Crippen molar-refractivity contribution in [3.8, 4) is 5.75 Å². The Morgan fingerprint density at radius 2 is 1.97 bits per heavy atom. The number of benzene rings is 2. The van der Waals surface area contributed by atoms with Gasteiger partial charge >= 0.3 is 0 Å². The monoisotopic (exact) mass is 497 g/mol. The average Bonchev–Trinajstić information content (AvgIpc) is 3.32. The molecule has 4 heterocycles. The predicted octanol–water partition coefficient (Wildman–Crippen LogP) is 2.42. The maximum atomic E-state index is 14.1. The van der Waals surface area contributed by atoms with E-state index in [4.69, 9.17) is 4.74 Å². The zero-order chi connectivity index (χ0) is 25.5. The molecule has 0 saturated heterocycles. The standard InChI is InChI=1S/C28H27N5O4/c1-31-23-9-3-2-6-18(23)15-21(27(31)35)28(36)33-12-10-22-26-25(33)19-7-4-8-20(14-19)37-13-5-11-29-24(34)16-32(26)17-30-22/h2-4,6-9,14-15,17,25H,5,10-13,16H2,1H3,(H,29,34). The molecule has 0 fully saturated rings. The van der Waals surface area contributed by atoms with Gasteiger partial charge in [0.15, 0.2) is 0 Å². The summed E-state index contributed by atoms with van der Waals surface area (Å²) in [7, 11) is 1.68. The van der Waals surface area contributed by atoms with Crippen LogP contribution in [0.15, 0.2) is 65.7 Å². The van der Waals surface area contributed by atoms with Gasteiger partial charge in [-0.15, -0.1) is 0 Å². The molecular weight excluding hydrogens is 470 g/mol. The maximum absolute atomic E-state index is 14.1. The van der Waals surface area contributed by atoms with Crippen LogP contribution in [-0.4, -0.2) is 50.5 Å². The summed E-state index contributed by atoms with van der Waals surface area (Å²) < 4.78 is 9.28. The first kappa shape index (κ1) is 23.0. The highest BCUT2D eigenvalue weighted by atomic mass is 16.5. The average molecular weight is 498 g/mol. The smallest absolute Gasteiger partial charge is 0.263 e. The first-order valence-electron chi connectivity index (χ1n) is 12.4. The Balaban J connectivity index is 1.51. The summed E-state index contributed by atoms with van der Waals surface area (Å²) in [6.07, 6.45) is 2.87. The van der Waals surface area contributed by atoms with E-state index in [1.165, 1.54) is 4.57 Å². The largest absolute Gasteiger partial charge is 0.494 e. The van der Waals surface area contributed by atoms with Crippen molar-refractivity contribution in [3.05, 3.63) is 93.8 Å². The van der Waals surface area contributed by atoms with Gasteiger partial charge in [0.25, 0.3) is 11.5 Å². The summed E-state index contributed by atoms with van der Waals surface area (Å²) in [6.45, 7) is 1.46. The van der Waals surface area contributed by atoms with E-state index in [2.05, 4.69) is 10.3 Å². The van der Waals surface area contributed by atoms with Crippen molar-refractivity contribution in [1.29, 1.82) is 0 Å². The second-order valence-corrected chi connectivity index (χ2v) is 9.46. The van der Waals surface area contributed by atoms with Crippen LogP contribution in [0.5, 0.6) is 5.75 Å². The van der Waals surface area contributed by atoms with Crippen molar-refractivity contribution in [2.24, 2.45) is 7.05 Å². The lowest BCUT2D eigenvalue weighted by Gasteiger charge is -2.36. The second-order valence-electron chi connectivity index (χ2n) is 9.46. The quantitative estimate of drug-likeness (QED) is 0.436. The topological polar surface area (TPSA) is 98.5 Å². The van der Waals surface area contributed by atoms with E-state index >= 15 is 0 Å². The molecule has 4 aromatic rings. The summed E-state index contributed by atoms with van der Waals surface area (Å²) >= 11 is 0. The zero-order valence-electron chi connectivity index (χ0n) is 20.5. The molecule has 1 atom stereocenters. The van der Waals surface area contributed by atoms with Crippen molar-refractivity contribution in [3.63, 3.8) is 0 Å². The maximum Gasteiger partial charge on any atom is 0.263 e. The van der Waals surface area contributed by atoms with Gasteiger partial charge in [-0.25, -0.2) is 4.98 Å². The fourth-order valence-corrected chi connectivity index (χ4v) is 5.33. The number of carbonyl (C=O) groups excluding carboxylic acids is 2. The van der Waals surface area contributed by atoms with Gasteiger partial charge in [0, 0.05) is 26.6 Å². The number of rotatable bonds is 1. The highest BCUT2D eigenvalue weighted by Gasteiger charge is 2.37. The van der Waals surface area contributed by atoms with Gasteiger partial charge in [-0.3, -0.25) is 14.4 Å². The summed E-state index contributed by atoms with van der Waals surface area (Å²) in [5, 5.41) is 3.75. The van der Waals surface area contributed by atoms with Gasteiger partial charge < -0.3 is 24.1 Å². The molecule has 2 aromatic heterocycles. The number of aromatic nitrogens is 3. The molecule has 6 rings (SSSR count). The number of amides is 2. The van der Waals surface area contributed by atoms with Crippen molar-refractivity contribution in [1.82, 2.24) is 24.3 Å². The lowest BCUT2D eigenvalue weighted by atomic mass is 9.94. The number of pyridine rings is 1. The van der Waals surface area contributed by atoms with E-state index in [1.807, 2.05) is 53.1 Å². The predicted molar refractivity (Wildman–Crippen MR) is 138 cm³/mol. The van der Waals surface area contributed by atoms with Crippen molar-refractivity contribution >= 4 is 22.7 Å². The molecular formula is C28H27N5O4. The Labute approximate surface area is 213 Å². The summed E-state index contributed by atoms with van der Waals surface area (Å²) in [5.74, 6) is 0.210. The zero-order valence-corrected chi connectivity index (χ0v) is 20.5. The summed E-state index contributed by atoms with van der Waals surface area (Å²) in [4.78, 5) is 46.4. The summed E-state index contributed by atoms with van der Waals surface area (Å²) in [5.41, 5.74) is 3.00. The van der Waals surface area contributed by atoms with Gasteiger partial charge in [-0.1, -0.05) is 30.3 Å². The van der Waals surface area contributed by atoms with Crippen LogP contribution < -0.4 is 15.6 Å². The molecule has 37 heavy (non-hydrogen) atoms. The van der Waals surface area contributed by atoms with Crippen LogP contribution in [-0.2, 0) is 24.8 Å². The number of nitrogens with zero attached hydrogens (tertiary/aromatic N) is 4. The molecule has 0 radical (unpaired) electrons. The molecule has 0 spiro atoms. The third kappa shape index (κ3) is 4.06. The molecule has 2 amide bonds. The van der Waals surface area contributed by atoms with Crippen LogP contribution in [0.4, 0.5) is 0 Å². The minimum atomic E-state index is -0.535. The Hall–Kier alpha value is -4.40. The molecule has 2 aliphatic rings. The highest BCUT2D eigenvalue weighted by Crippen LogP contribution is 2.37. The van der Waals surface area contributed by atoms with E-state index in [1.54, 1.807) is 24.3 Å². The number of aryl methyl sites for hydroxylation is 1.